The predicted molar refractivity (Wildman–Crippen MR) is 152 cm³/mol. The standard InChI is InChI=1S/C22H32N4O.C3H4O.C2H4O2.C2H4O/c1-5-19-15-23-22(24-16-19)26-10-8-20(9-11-26)25(4)12-13-27-21-7-6-17(2)18(3)14-21;1-2-3-4;1-2(3)4;1-2-3/h6-7,14-16,20H,5,8-13H2,1-4H3;4H,1H3;1H3,(H,3,4);2-3H,1H2. The first-order valence-electron chi connectivity index (χ1n) is 12.6. The summed E-state index contributed by atoms with van der Waals surface area (Å²) in [7, 11) is 2.20. The molecule has 0 amide bonds. The number of aromatic nitrogens is 2. The van der Waals surface area contributed by atoms with Crippen LogP contribution in [0.15, 0.2) is 43.4 Å². The average molecular weight is 529 g/mol. The number of likely N-dealkylation sites (N-methyl/N-ethyl adjacent to an activating group) is 1. The molecule has 2 aromatic rings. The van der Waals surface area contributed by atoms with E-state index < -0.39 is 5.97 Å². The van der Waals surface area contributed by atoms with Gasteiger partial charge < -0.3 is 25.0 Å². The highest BCUT2D eigenvalue weighted by atomic mass is 16.5. The van der Waals surface area contributed by atoms with E-state index in [2.05, 4.69) is 78.3 Å². The summed E-state index contributed by atoms with van der Waals surface area (Å²) in [4.78, 5) is 22.8. The quantitative estimate of drug-likeness (QED) is 0.345. The molecule has 3 N–H and O–H groups in total. The van der Waals surface area contributed by atoms with Crippen molar-refractivity contribution in [2.45, 2.75) is 59.9 Å². The summed E-state index contributed by atoms with van der Waals surface area (Å²) < 4.78 is 5.94. The molecule has 0 bridgehead atoms. The molecule has 0 unspecified atom stereocenters. The second-order valence-electron chi connectivity index (χ2n) is 8.60. The highest BCUT2D eigenvalue weighted by Crippen LogP contribution is 2.20. The van der Waals surface area contributed by atoms with Gasteiger partial charge >= 0.3 is 0 Å². The minimum absolute atomic E-state index is 0.597. The summed E-state index contributed by atoms with van der Waals surface area (Å²) in [6.45, 7) is 15.6. The molecule has 0 radical (unpaired) electrons. The van der Waals surface area contributed by atoms with Crippen LogP contribution in [0.4, 0.5) is 5.95 Å². The number of rotatable bonds is 7. The SMILES string of the molecule is C=CO.CC#CO.CC(=O)O.CCc1cnc(N2CCC(N(C)CCOc3ccc(C)c(C)c3)CC2)nc1. The Morgan fingerprint density at radius 1 is 1.24 bits per heavy atom. The van der Waals surface area contributed by atoms with Crippen LogP contribution in [0.2, 0.25) is 0 Å². The van der Waals surface area contributed by atoms with Crippen molar-refractivity contribution in [2.24, 2.45) is 0 Å². The number of aliphatic hydroxyl groups is 2. The van der Waals surface area contributed by atoms with Crippen LogP contribution in [0.3, 0.4) is 0 Å². The van der Waals surface area contributed by atoms with Crippen molar-refractivity contribution in [3.05, 3.63) is 60.1 Å². The van der Waals surface area contributed by atoms with E-state index in [0.717, 1.165) is 70.4 Å². The van der Waals surface area contributed by atoms with Crippen LogP contribution in [0.5, 0.6) is 5.75 Å². The fourth-order valence-electron chi connectivity index (χ4n) is 3.49. The van der Waals surface area contributed by atoms with E-state index >= 15 is 0 Å². The van der Waals surface area contributed by atoms with Crippen molar-refractivity contribution < 1.29 is 24.9 Å². The molecule has 2 heterocycles. The third-order valence-corrected chi connectivity index (χ3v) is 5.77. The number of aliphatic carboxylic acids is 1. The van der Waals surface area contributed by atoms with E-state index in [9.17, 15) is 0 Å². The third-order valence-electron chi connectivity index (χ3n) is 5.77. The number of carboxylic acid groups (broad SMARTS) is 1. The fraction of sp³-hybridized carbons (Fsp3) is 0.483. The number of benzene rings is 1. The highest BCUT2D eigenvalue weighted by Gasteiger charge is 2.23. The van der Waals surface area contributed by atoms with E-state index in [1.54, 1.807) is 13.0 Å². The number of aliphatic hydroxyl groups excluding tert-OH is 2. The Labute approximate surface area is 227 Å². The molecule has 1 aliphatic heterocycles. The predicted octanol–water partition coefficient (Wildman–Crippen LogP) is 4.75. The molecule has 9 heteroatoms. The Kier molecular flexibility index (Phi) is 18.3. The van der Waals surface area contributed by atoms with Crippen LogP contribution in [0.1, 0.15) is 50.3 Å². The first kappa shape index (κ1) is 34.2. The number of piperidine rings is 1. The molecule has 0 spiro atoms. The lowest BCUT2D eigenvalue weighted by atomic mass is 10.0. The van der Waals surface area contributed by atoms with Gasteiger partial charge in [0.05, 0.1) is 6.26 Å². The zero-order chi connectivity index (χ0) is 28.9. The molecule has 0 aliphatic carbocycles. The summed E-state index contributed by atoms with van der Waals surface area (Å²) in [5.41, 5.74) is 3.78. The molecule has 1 aromatic carbocycles. The van der Waals surface area contributed by atoms with Gasteiger partial charge in [0, 0.05) is 51.9 Å². The fourth-order valence-corrected chi connectivity index (χ4v) is 3.49. The highest BCUT2D eigenvalue weighted by molar-refractivity contribution is 5.62. The van der Waals surface area contributed by atoms with Gasteiger partial charge in [-0.1, -0.05) is 25.5 Å². The number of aryl methyl sites for hydroxylation is 3. The van der Waals surface area contributed by atoms with Crippen molar-refractivity contribution in [2.75, 3.05) is 38.2 Å². The van der Waals surface area contributed by atoms with Crippen LogP contribution >= 0.6 is 0 Å². The topological polar surface area (TPSA) is 119 Å². The second kappa shape index (κ2) is 20.3. The molecule has 38 heavy (non-hydrogen) atoms. The summed E-state index contributed by atoms with van der Waals surface area (Å²) in [6.07, 6.45) is 9.59. The van der Waals surface area contributed by atoms with Gasteiger partial charge in [-0.2, -0.15) is 0 Å². The number of hydrogen-bond donors (Lipinski definition) is 3. The van der Waals surface area contributed by atoms with Gasteiger partial charge in [0.25, 0.3) is 5.97 Å². The number of ether oxygens (including phenoxy) is 1. The van der Waals surface area contributed by atoms with Gasteiger partial charge in [-0.3, -0.25) is 9.69 Å². The normalized spacial score (nSPS) is 12.2. The molecular weight excluding hydrogens is 484 g/mol. The maximum atomic E-state index is 9.00. The second-order valence-corrected chi connectivity index (χ2v) is 8.60. The summed E-state index contributed by atoms with van der Waals surface area (Å²) >= 11 is 0. The first-order chi connectivity index (χ1) is 18.1. The van der Waals surface area contributed by atoms with E-state index in [-0.39, 0.29) is 0 Å². The lowest BCUT2D eigenvalue weighted by Crippen LogP contribution is -2.45. The Hall–Kier alpha value is -3.77. The van der Waals surface area contributed by atoms with Crippen LogP contribution in [0, 0.1) is 25.9 Å². The molecule has 1 saturated heterocycles. The number of hydrogen-bond acceptors (Lipinski definition) is 8. The Balaban J connectivity index is 0.00000106. The van der Waals surface area contributed by atoms with Crippen molar-refractivity contribution >= 4 is 11.9 Å². The summed E-state index contributed by atoms with van der Waals surface area (Å²) in [6, 6.07) is 6.90. The van der Waals surface area contributed by atoms with E-state index in [1.165, 1.54) is 16.7 Å². The molecule has 9 nitrogen and oxygen atoms in total. The monoisotopic (exact) mass is 528 g/mol. The maximum absolute atomic E-state index is 9.00. The van der Waals surface area contributed by atoms with E-state index in [4.69, 9.17) is 24.9 Å². The summed E-state index contributed by atoms with van der Waals surface area (Å²) in [5.74, 6) is 3.24. The molecule has 3 rings (SSSR count). The Bertz CT molecular complexity index is 984. The summed E-state index contributed by atoms with van der Waals surface area (Å²) in [5, 5.41) is 22.3. The molecule has 1 aromatic heterocycles. The van der Waals surface area contributed by atoms with Crippen LogP contribution in [0.25, 0.3) is 0 Å². The number of carbonyl (C=O) groups is 1. The Morgan fingerprint density at radius 3 is 2.21 bits per heavy atom. The number of nitrogens with zero attached hydrogens (tertiary/aromatic N) is 4. The van der Waals surface area contributed by atoms with Crippen molar-refractivity contribution in [1.82, 2.24) is 14.9 Å². The number of anilines is 1. The molecule has 210 valence electrons. The minimum atomic E-state index is -0.833. The average Bonchev–Trinajstić information content (AvgIpc) is 2.91. The molecule has 1 fully saturated rings. The number of carboxylic acids is 1. The van der Waals surface area contributed by atoms with Crippen LogP contribution in [-0.2, 0) is 11.2 Å². The lowest BCUT2D eigenvalue weighted by Gasteiger charge is -2.36. The van der Waals surface area contributed by atoms with Crippen molar-refractivity contribution in [1.29, 1.82) is 0 Å². The molecular formula is C29H44N4O5. The smallest absolute Gasteiger partial charge is 0.300 e. The van der Waals surface area contributed by atoms with Gasteiger partial charge in [-0.05, 0) is 69.0 Å². The lowest BCUT2D eigenvalue weighted by molar-refractivity contribution is -0.134. The minimum Gasteiger partial charge on any atom is -0.516 e. The zero-order valence-electron chi connectivity index (χ0n) is 23.6. The van der Waals surface area contributed by atoms with Gasteiger partial charge in [0.1, 0.15) is 18.5 Å². The van der Waals surface area contributed by atoms with E-state index in [1.807, 2.05) is 12.4 Å². The zero-order valence-corrected chi connectivity index (χ0v) is 23.6. The maximum Gasteiger partial charge on any atom is 0.300 e. The van der Waals surface area contributed by atoms with Crippen LogP contribution < -0.4 is 9.64 Å². The first-order valence-corrected chi connectivity index (χ1v) is 12.6. The van der Waals surface area contributed by atoms with Gasteiger partial charge in [-0.15, -0.1) is 0 Å². The largest absolute Gasteiger partial charge is 0.516 e. The van der Waals surface area contributed by atoms with Gasteiger partial charge in [-0.25, -0.2) is 9.97 Å². The van der Waals surface area contributed by atoms with Gasteiger partial charge in [0.15, 0.2) is 0 Å². The van der Waals surface area contributed by atoms with E-state index in [0.29, 0.717) is 6.04 Å². The van der Waals surface area contributed by atoms with Crippen molar-refractivity contribution in [3.8, 4) is 17.8 Å². The Morgan fingerprint density at radius 2 is 1.76 bits per heavy atom. The molecule has 1 aliphatic rings. The van der Waals surface area contributed by atoms with Crippen LogP contribution in [-0.4, -0.2) is 75.5 Å². The van der Waals surface area contributed by atoms with Crippen molar-refractivity contribution in [3.63, 3.8) is 0 Å². The van der Waals surface area contributed by atoms with Gasteiger partial charge in [0.2, 0.25) is 5.95 Å². The molecule has 0 saturated carbocycles. The molecule has 0 atom stereocenters. The third kappa shape index (κ3) is 14.7.